The Hall–Kier alpha value is -2.95. The maximum Gasteiger partial charge on any atom is 0.141 e. The van der Waals surface area contributed by atoms with Gasteiger partial charge >= 0.3 is 0 Å². The van der Waals surface area contributed by atoms with E-state index in [0.717, 1.165) is 22.4 Å². The maximum atomic E-state index is 7.33. The van der Waals surface area contributed by atoms with Crippen LogP contribution in [0.1, 0.15) is 19.4 Å². The number of aromatic nitrogens is 2. The van der Waals surface area contributed by atoms with Crippen LogP contribution < -0.4 is 11.1 Å². The van der Waals surface area contributed by atoms with E-state index in [-0.39, 0.29) is 0 Å². The van der Waals surface area contributed by atoms with Crippen molar-refractivity contribution in [2.24, 2.45) is 0 Å². The van der Waals surface area contributed by atoms with Crippen molar-refractivity contribution in [3.8, 4) is 0 Å². The molecule has 22 heavy (non-hydrogen) atoms. The first-order valence-corrected chi connectivity index (χ1v) is 7.15. The van der Waals surface area contributed by atoms with Crippen LogP contribution in [0, 0.1) is 5.41 Å². The lowest BCUT2D eigenvalue weighted by molar-refractivity contribution is 1.22. The van der Waals surface area contributed by atoms with Crippen molar-refractivity contribution in [3.05, 3.63) is 54.4 Å². The Labute approximate surface area is 129 Å². The standard InChI is InChI=1S/C15H13N5.C2H6/c16-8-10-7-11(5-6-13(10)17)20-15-12-3-1-2-4-14(12)18-9-19-15;1-2/h1-9,16H,17H2,(H,18,19,20);1-2H3. The quantitative estimate of drug-likeness (QED) is 0.503. The van der Waals surface area contributed by atoms with E-state index in [1.165, 1.54) is 12.5 Å². The van der Waals surface area contributed by atoms with Crippen molar-refractivity contribution in [2.45, 2.75) is 13.8 Å². The van der Waals surface area contributed by atoms with Gasteiger partial charge in [-0.05, 0) is 30.3 Å². The fourth-order valence-electron chi connectivity index (χ4n) is 2.02. The average Bonchev–Trinajstić information content (AvgIpc) is 2.59. The van der Waals surface area contributed by atoms with E-state index in [9.17, 15) is 0 Å². The average molecular weight is 293 g/mol. The summed E-state index contributed by atoms with van der Waals surface area (Å²) < 4.78 is 0. The van der Waals surface area contributed by atoms with Gasteiger partial charge in [-0.2, -0.15) is 0 Å². The van der Waals surface area contributed by atoms with E-state index in [1.807, 2.05) is 50.2 Å². The summed E-state index contributed by atoms with van der Waals surface area (Å²) >= 11 is 0. The van der Waals surface area contributed by atoms with E-state index < -0.39 is 0 Å². The van der Waals surface area contributed by atoms with Gasteiger partial charge in [-0.25, -0.2) is 9.97 Å². The van der Waals surface area contributed by atoms with Crippen LogP contribution >= 0.6 is 0 Å². The second-order valence-corrected chi connectivity index (χ2v) is 4.35. The molecule has 0 aliphatic carbocycles. The number of fused-ring (bicyclic) bond motifs is 1. The molecule has 3 rings (SSSR count). The molecule has 1 aromatic heterocycles. The molecule has 0 radical (unpaired) electrons. The number of rotatable bonds is 3. The van der Waals surface area contributed by atoms with Crippen molar-refractivity contribution in [3.63, 3.8) is 0 Å². The molecule has 112 valence electrons. The minimum Gasteiger partial charge on any atom is -0.398 e. The van der Waals surface area contributed by atoms with Gasteiger partial charge in [-0.3, -0.25) is 0 Å². The van der Waals surface area contributed by atoms with Gasteiger partial charge in [0.25, 0.3) is 0 Å². The number of benzene rings is 2. The Morgan fingerprint density at radius 2 is 1.86 bits per heavy atom. The summed E-state index contributed by atoms with van der Waals surface area (Å²) in [6, 6.07) is 13.2. The third kappa shape index (κ3) is 3.20. The highest BCUT2D eigenvalue weighted by Gasteiger charge is 2.04. The minimum atomic E-state index is 0.582. The van der Waals surface area contributed by atoms with Crippen LogP contribution in [0.25, 0.3) is 10.9 Å². The number of nitrogens with one attached hydrogen (secondary N) is 2. The monoisotopic (exact) mass is 293 g/mol. The highest BCUT2D eigenvalue weighted by Crippen LogP contribution is 2.24. The summed E-state index contributed by atoms with van der Waals surface area (Å²) in [6.45, 7) is 4.00. The van der Waals surface area contributed by atoms with E-state index in [2.05, 4.69) is 15.3 Å². The van der Waals surface area contributed by atoms with Gasteiger partial charge < -0.3 is 16.5 Å². The molecule has 0 saturated heterocycles. The number of nitrogens with two attached hydrogens (primary N) is 1. The first-order chi connectivity index (χ1) is 10.8. The summed E-state index contributed by atoms with van der Waals surface area (Å²) in [5.74, 6) is 0.733. The predicted molar refractivity (Wildman–Crippen MR) is 92.9 cm³/mol. The fourth-order valence-corrected chi connectivity index (χ4v) is 2.02. The number of anilines is 3. The number of hydrogen-bond acceptors (Lipinski definition) is 5. The van der Waals surface area contributed by atoms with Gasteiger partial charge in [-0.1, -0.05) is 26.0 Å². The van der Waals surface area contributed by atoms with Crippen molar-refractivity contribution < 1.29 is 0 Å². The lowest BCUT2D eigenvalue weighted by Gasteiger charge is -2.09. The number of hydrogen-bond donors (Lipinski definition) is 3. The Morgan fingerprint density at radius 1 is 1.09 bits per heavy atom. The van der Waals surface area contributed by atoms with Gasteiger partial charge in [0.2, 0.25) is 0 Å². The second-order valence-electron chi connectivity index (χ2n) is 4.35. The van der Waals surface area contributed by atoms with Crippen LogP contribution in [0.4, 0.5) is 17.2 Å². The van der Waals surface area contributed by atoms with Crippen LogP contribution in [0.15, 0.2) is 48.8 Å². The van der Waals surface area contributed by atoms with E-state index in [1.54, 1.807) is 6.07 Å². The Kier molecular flexibility index (Phi) is 5.03. The molecule has 0 spiro atoms. The summed E-state index contributed by atoms with van der Waals surface area (Å²) in [5.41, 5.74) is 8.75. The zero-order valence-corrected chi connectivity index (χ0v) is 12.7. The molecule has 5 nitrogen and oxygen atoms in total. The van der Waals surface area contributed by atoms with Crippen LogP contribution in [-0.2, 0) is 0 Å². The molecule has 0 unspecified atom stereocenters. The largest absolute Gasteiger partial charge is 0.398 e. The fraction of sp³-hybridized carbons (Fsp3) is 0.118. The van der Waals surface area contributed by atoms with Crippen molar-refractivity contribution in [1.82, 2.24) is 9.97 Å². The lowest BCUT2D eigenvalue weighted by Crippen LogP contribution is -1.98. The first kappa shape index (κ1) is 15.4. The SMILES string of the molecule is CC.N=Cc1cc(Nc2ncnc3ccccc23)ccc1N. The van der Waals surface area contributed by atoms with Crippen LogP contribution in [0.5, 0.6) is 0 Å². The van der Waals surface area contributed by atoms with Crippen LogP contribution in [-0.4, -0.2) is 16.2 Å². The third-order valence-electron chi connectivity index (χ3n) is 3.05. The lowest BCUT2D eigenvalue weighted by atomic mass is 10.1. The molecular formula is C17H19N5. The van der Waals surface area contributed by atoms with E-state index >= 15 is 0 Å². The molecule has 0 bridgehead atoms. The van der Waals surface area contributed by atoms with Gasteiger partial charge in [0, 0.05) is 28.5 Å². The topological polar surface area (TPSA) is 87.7 Å². The third-order valence-corrected chi connectivity index (χ3v) is 3.05. The summed E-state index contributed by atoms with van der Waals surface area (Å²) in [6.07, 6.45) is 2.76. The number of nitrogens with zero attached hydrogens (tertiary/aromatic N) is 2. The highest BCUT2D eigenvalue weighted by atomic mass is 15.0. The molecule has 4 N–H and O–H groups in total. The zero-order valence-electron chi connectivity index (χ0n) is 12.7. The maximum absolute atomic E-state index is 7.33. The smallest absolute Gasteiger partial charge is 0.141 e. The molecular weight excluding hydrogens is 274 g/mol. The summed E-state index contributed by atoms with van der Waals surface area (Å²) in [7, 11) is 0. The van der Waals surface area contributed by atoms with Crippen LogP contribution in [0.3, 0.4) is 0 Å². The second kappa shape index (κ2) is 7.17. The summed E-state index contributed by atoms with van der Waals surface area (Å²) in [5, 5.41) is 11.5. The van der Waals surface area contributed by atoms with Crippen molar-refractivity contribution in [1.29, 1.82) is 5.41 Å². The van der Waals surface area contributed by atoms with Crippen molar-refractivity contribution in [2.75, 3.05) is 11.1 Å². The zero-order chi connectivity index (χ0) is 15.9. The van der Waals surface area contributed by atoms with Gasteiger partial charge in [0.15, 0.2) is 0 Å². The molecule has 2 aromatic carbocycles. The molecule has 5 heteroatoms. The van der Waals surface area contributed by atoms with Gasteiger partial charge in [-0.15, -0.1) is 0 Å². The van der Waals surface area contributed by atoms with Crippen molar-refractivity contribution >= 4 is 34.3 Å². The molecule has 0 saturated carbocycles. The molecule has 0 amide bonds. The number of para-hydroxylation sites is 1. The Morgan fingerprint density at radius 3 is 2.64 bits per heavy atom. The molecule has 3 aromatic rings. The molecule has 0 atom stereocenters. The van der Waals surface area contributed by atoms with E-state index in [0.29, 0.717) is 11.3 Å². The molecule has 0 aliphatic heterocycles. The number of nitrogen functional groups attached to an aromatic ring is 1. The Balaban J connectivity index is 0.000000847. The predicted octanol–water partition coefficient (Wildman–Crippen LogP) is 3.98. The van der Waals surface area contributed by atoms with Crippen LogP contribution in [0.2, 0.25) is 0 Å². The minimum absolute atomic E-state index is 0.582. The molecule has 0 aliphatic rings. The van der Waals surface area contributed by atoms with E-state index in [4.69, 9.17) is 11.1 Å². The highest BCUT2D eigenvalue weighted by molar-refractivity contribution is 5.92. The molecule has 0 fully saturated rings. The van der Waals surface area contributed by atoms with Gasteiger partial charge in [0.05, 0.1) is 5.52 Å². The summed E-state index contributed by atoms with van der Waals surface area (Å²) in [4.78, 5) is 8.49. The Bertz CT molecular complexity index is 778. The molecule has 1 heterocycles. The van der Waals surface area contributed by atoms with Gasteiger partial charge in [0.1, 0.15) is 12.1 Å². The normalized spacial score (nSPS) is 9.73. The first-order valence-electron chi connectivity index (χ1n) is 7.15.